The molecule has 5 aromatic heterocycles. The minimum Gasteiger partial charge on any atom is -0.312 e. The summed E-state index contributed by atoms with van der Waals surface area (Å²) >= 11 is 2.78. The predicted octanol–water partition coefficient (Wildman–Crippen LogP) is 5.42. The molecule has 6 aromatic rings. The molecule has 10 heteroatoms. The van der Waals surface area contributed by atoms with Crippen molar-refractivity contribution < 1.29 is 4.79 Å². The molecular formula is C28H20N6O2S2. The molecule has 0 atom stereocenters. The molecule has 0 saturated carbocycles. The minimum absolute atomic E-state index is 0.150. The van der Waals surface area contributed by atoms with Gasteiger partial charge >= 0.3 is 0 Å². The van der Waals surface area contributed by atoms with Crippen molar-refractivity contribution in [2.75, 3.05) is 5.32 Å². The zero-order chi connectivity index (χ0) is 26.2. The van der Waals surface area contributed by atoms with Crippen LogP contribution in [0, 0.1) is 5.41 Å². The van der Waals surface area contributed by atoms with Gasteiger partial charge in [0, 0.05) is 18.3 Å². The predicted molar refractivity (Wildman–Crippen MR) is 152 cm³/mol. The number of carbonyl (C=O) groups excluding carboxylic acids is 1. The Labute approximate surface area is 224 Å². The molecule has 0 saturated heterocycles. The number of amides is 1. The van der Waals surface area contributed by atoms with E-state index in [2.05, 4.69) is 16.9 Å². The molecule has 6 rings (SSSR count). The number of thiophene rings is 1. The molecule has 5 heterocycles. The van der Waals surface area contributed by atoms with E-state index in [1.54, 1.807) is 47.2 Å². The Hall–Kier alpha value is -4.67. The van der Waals surface area contributed by atoms with Crippen LogP contribution >= 0.6 is 22.7 Å². The first-order valence-electron chi connectivity index (χ1n) is 11.7. The fourth-order valence-corrected chi connectivity index (χ4v) is 6.00. The van der Waals surface area contributed by atoms with Gasteiger partial charge in [0.05, 0.1) is 15.8 Å². The SMILES string of the molecule is C=CCn1c(=N)c(-c2nc(-c3cccs3)c(NC(=O)c3ccccc3)s2)cc2c(=O)n3ccccc3nc21. The Balaban J connectivity index is 1.57. The fraction of sp³-hybridized carbons (Fsp3) is 0.0357. The summed E-state index contributed by atoms with van der Waals surface area (Å²) in [5.74, 6) is -0.251. The number of rotatable bonds is 6. The minimum atomic E-state index is -0.251. The zero-order valence-electron chi connectivity index (χ0n) is 19.9. The molecule has 0 aliphatic rings. The molecule has 186 valence electrons. The number of allylic oxidation sites excluding steroid dienone is 1. The highest BCUT2D eigenvalue weighted by molar-refractivity contribution is 7.20. The van der Waals surface area contributed by atoms with E-state index in [-0.39, 0.29) is 17.0 Å². The van der Waals surface area contributed by atoms with E-state index in [1.807, 2.05) is 41.8 Å². The molecule has 1 amide bonds. The summed E-state index contributed by atoms with van der Waals surface area (Å²) in [5, 5.41) is 15.4. The first-order chi connectivity index (χ1) is 18.5. The second kappa shape index (κ2) is 9.66. The Morgan fingerprint density at radius 2 is 1.89 bits per heavy atom. The first kappa shape index (κ1) is 23.7. The highest BCUT2D eigenvalue weighted by Gasteiger charge is 2.21. The number of fused-ring (bicyclic) bond motifs is 2. The van der Waals surface area contributed by atoms with Crippen molar-refractivity contribution in [2.45, 2.75) is 6.54 Å². The lowest BCUT2D eigenvalue weighted by Gasteiger charge is -2.12. The van der Waals surface area contributed by atoms with Crippen LogP contribution in [0.15, 0.2) is 95.8 Å². The van der Waals surface area contributed by atoms with Crippen molar-refractivity contribution in [3.05, 3.63) is 112 Å². The van der Waals surface area contributed by atoms with Gasteiger partial charge in [-0.15, -0.1) is 17.9 Å². The lowest BCUT2D eigenvalue weighted by atomic mass is 10.2. The Morgan fingerprint density at radius 3 is 2.66 bits per heavy atom. The van der Waals surface area contributed by atoms with Crippen molar-refractivity contribution in [1.29, 1.82) is 5.41 Å². The molecule has 0 spiro atoms. The number of nitrogens with one attached hydrogen (secondary N) is 2. The van der Waals surface area contributed by atoms with Crippen LogP contribution < -0.4 is 16.4 Å². The third-order valence-corrected chi connectivity index (χ3v) is 7.89. The molecule has 1 aromatic carbocycles. The Kier molecular flexibility index (Phi) is 6.02. The van der Waals surface area contributed by atoms with Crippen molar-refractivity contribution >= 4 is 50.3 Å². The maximum atomic E-state index is 13.5. The standard InChI is InChI=1S/C28H20N6O2S2/c1-2-13-34-23(29)18(16-19-24(34)30-21-12-6-7-14-33(21)28(19)36)26-31-22(20-11-8-15-37-20)27(38-26)32-25(35)17-9-4-3-5-10-17/h2-12,14-16,29H,1,13H2,(H,32,35). The molecule has 0 aliphatic carbocycles. The molecule has 0 unspecified atom stereocenters. The molecule has 0 radical (unpaired) electrons. The largest absolute Gasteiger partial charge is 0.312 e. The molecule has 2 N–H and O–H groups in total. The first-order valence-corrected chi connectivity index (χ1v) is 13.4. The van der Waals surface area contributed by atoms with Gasteiger partial charge in [-0.2, -0.15) is 0 Å². The number of aromatic nitrogens is 4. The highest BCUT2D eigenvalue weighted by atomic mass is 32.1. The van der Waals surface area contributed by atoms with Crippen LogP contribution in [0.25, 0.3) is 37.8 Å². The highest BCUT2D eigenvalue weighted by Crippen LogP contribution is 2.39. The van der Waals surface area contributed by atoms with Crippen LogP contribution in [-0.2, 0) is 6.54 Å². The van der Waals surface area contributed by atoms with Crippen molar-refractivity contribution in [2.24, 2.45) is 0 Å². The fourth-order valence-electron chi connectivity index (χ4n) is 4.22. The van der Waals surface area contributed by atoms with Gasteiger partial charge in [-0.3, -0.25) is 19.4 Å². The molecule has 8 nitrogen and oxygen atoms in total. The summed E-state index contributed by atoms with van der Waals surface area (Å²) in [4.78, 5) is 36.9. The summed E-state index contributed by atoms with van der Waals surface area (Å²) in [5.41, 5.74) is 2.43. The lowest BCUT2D eigenvalue weighted by Crippen LogP contribution is -2.26. The molecule has 0 fully saturated rings. The molecule has 0 bridgehead atoms. The smallest absolute Gasteiger partial charge is 0.267 e. The van der Waals surface area contributed by atoms with Gasteiger partial charge in [0.15, 0.2) is 0 Å². The van der Waals surface area contributed by atoms with Crippen LogP contribution in [0.3, 0.4) is 0 Å². The van der Waals surface area contributed by atoms with E-state index in [1.165, 1.54) is 27.1 Å². The topological polar surface area (TPSA) is 105 Å². The van der Waals surface area contributed by atoms with Gasteiger partial charge in [0.1, 0.15) is 32.5 Å². The number of nitrogens with zero attached hydrogens (tertiary/aromatic N) is 4. The normalized spacial score (nSPS) is 11.2. The van der Waals surface area contributed by atoms with Crippen LogP contribution in [-0.4, -0.2) is 24.8 Å². The summed E-state index contributed by atoms with van der Waals surface area (Å²) in [6.45, 7) is 4.12. The van der Waals surface area contributed by atoms with Gasteiger partial charge in [-0.1, -0.05) is 47.7 Å². The van der Waals surface area contributed by atoms with Gasteiger partial charge < -0.3 is 9.88 Å². The zero-order valence-corrected chi connectivity index (χ0v) is 21.6. The van der Waals surface area contributed by atoms with Crippen molar-refractivity contribution in [3.63, 3.8) is 0 Å². The lowest BCUT2D eigenvalue weighted by molar-refractivity contribution is 0.102. The number of hydrogen-bond acceptors (Lipinski definition) is 7. The van der Waals surface area contributed by atoms with Gasteiger partial charge in [0.2, 0.25) is 0 Å². The number of benzene rings is 1. The number of thiazole rings is 1. The van der Waals surface area contributed by atoms with E-state index in [0.29, 0.717) is 50.1 Å². The molecular weight excluding hydrogens is 516 g/mol. The van der Waals surface area contributed by atoms with Crippen LogP contribution in [0.4, 0.5) is 5.00 Å². The second-order valence-corrected chi connectivity index (χ2v) is 10.3. The van der Waals surface area contributed by atoms with E-state index in [0.717, 1.165) is 4.88 Å². The van der Waals surface area contributed by atoms with Crippen LogP contribution in [0.1, 0.15) is 10.4 Å². The Bertz CT molecular complexity index is 1950. The van der Waals surface area contributed by atoms with Gasteiger partial charge in [-0.25, -0.2) is 9.97 Å². The third-order valence-electron chi connectivity index (χ3n) is 6.01. The van der Waals surface area contributed by atoms with E-state index < -0.39 is 0 Å². The van der Waals surface area contributed by atoms with E-state index in [9.17, 15) is 9.59 Å². The number of anilines is 1. The molecule has 0 aliphatic heterocycles. The monoisotopic (exact) mass is 536 g/mol. The number of carbonyl (C=O) groups is 1. The van der Waals surface area contributed by atoms with Crippen LogP contribution in [0.2, 0.25) is 0 Å². The maximum Gasteiger partial charge on any atom is 0.267 e. The molecule has 38 heavy (non-hydrogen) atoms. The quantitative estimate of drug-likeness (QED) is 0.219. The van der Waals surface area contributed by atoms with Gasteiger partial charge in [0.25, 0.3) is 11.5 Å². The average Bonchev–Trinajstić information content (AvgIpc) is 3.61. The van der Waals surface area contributed by atoms with Gasteiger partial charge in [-0.05, 0) is 41.8 Å². The Morgan fingerprint density at radius 1 is 1.08 bits per heavy atom. The summed E-state index contributed by atoms with van der Waals surface area (Å²) in [6, 6.07) is 19.8. The van der Waals surface area contributed by atoms with Crippen molar-refractivity contribution in [1.82, 2.24) is 18.9 Å². The number of pyridine rings is 2. The summed E-state index contributed by atoms with van der Waals surface area (Å²) in [6.07, 6.45) is 3.34. The average molecular weight is 537 g/mol. The summed E-state index contributed by atoms with van der Waals surface area (Å²) < 4.78 is 3.14. The summed E-state index contributed by atoms with van der Waals surface area (Å²) in [7, 11) is 0. The van der Waals surface area contributed by atoms with Crippen LogP contribution in [0.5, 0.6) is 0 Å². The third kappa shape index (κ3) is 4.05. The maximum absolute atomic E-state index is 13.5. The second-order valence-electron chi connectivity index (χ2n) is 8.38. The van der Waals surface area contributed by atoms with Crippen molar-refractivity contribution in [3.8, 4) is 21.1 Å². The number of hydrogen-bond donors (Lipinski definition) is 2. The van der Waals surface area contributed by atoms with E-state index in [4.69, 9.17) is 10.4 Å². The van der Waals surface area contributed by atoms with E-state index >= 15 is 0 Å².